The van der Waals surface area contributed by atoms with Crippen molar-refractivity contribution in [3.8, 4) is 0 Å². The van der Waals surface area contributed by atoms with Crippen LogP contribution in [0.25, 0.3) is 10.4 Å². The van der Waals surface area contributed by atoms with Gasteiger partial charge in [-0.05, 0) is 38.1 Å². The normalized spacial score (nSPS) is 31.7. The lowest BCUT2D eigenvalue weighted by molar-refractivity contribution is -0.302. The zero-order valence-corrected chi connectivity index (χ0v) is 23.8. The van der Waals surface area contributed by atoms with Gasteiger partial charge in [0.1, 0.15) is 24.4 Å². The van der Waals surface area contributed by atoms with Crippen molar-refractivity contribution in [2.24, 2.45) is 11.0 Å². The highest BCUT2D eigenvalue weighted by Crippen LogP contribution is 2.40. The van der Waals surface area contributed by atoms with E-state index in [1.807, 2.05) is 13.8 Å². The second-order valence-corrected chi connectivity index (χ2v) is 11.8. The fraction of sp³-hybridized carbons (Fsp3) is 1.00. The van der Waals surface area contributed by atoms with Gasteiger partial charge >= 0.3 is 0 Å². The van der Waals surface area contributed by atoms with E-state index >= 15 is 0 Å². The minimum absolute atomic E-state index is 0.0809. The van der Waals surface area contributed by atoms with E-state index in [1.165, 1.54) is 70.6 Å². The highest BCUT2D eigenvalue weighted by molar-refractivity contribution is 4.95. The summed E-state index contributed by atoms with van der Waals surface area (Å²) in [5, 5.41) is 43.6. The lowest BCUT2D eigenvalue weighted by Gasteiger charge is -2.40. The summed E-state index contributed by atoms with van der Waals surface area (Å²) < 4.78 is 17.4. The zero-order valence-electron chi connectivity index (χ0n) is 23.8. The molecule has 222 valence electrons. The molecular weight excluding hydrogens is 490 g/mol. The number of rotatable bonds is 19. The van der Waals surface area contributed by atoms with E-state index in [1.54, 1.807) is 0 Å². The van der Waals surface area contributed by atoms with Crippen LogP contribution in [0.4, 0.5) is 0 Å². The highest BCUT2D eigenvalue weighted by atomic mass is 16.7. The fourth-order valence-corrected chi connectivity index (χ4v) is 5.83. The number of nitrogens with zero attached hydrogens (tertiary/aromatic N) is 3. The molecule has 0 aromatic heterocycles. The third-order valence-corrected chi connectivity index (χ3v) is 7.96. The summed E-state index contributed by atoms with van der Waals surface area (Å²) in [5.41, 5.74) is 8.86. The van der Waals surface area contributed by atoms with Crippen molar-refractivity contribution in [3.05, 3.63) is 10.4 Å². The van der Waals surface area contributed by atoms with Crippen molar-refractivity contribution >= 4 is 0 Å². The molecule has 2 aliphatic rings. The van der Waals surface area contributed by atoms with Crippen LogP contribution in [-0.2, 0) is 14.2 Å². The predicted molar refractivity (Wildman–Crippen MR) is 145 cm³/mol. The molecule has 5 unspecified atom stereocenters. The molecule has 10 heteroatoms. The first-order chi connectivity index (χ1) is 18.2. The summed E-state index contributed by atoms with van der Waals surface area (Å²) in [6.45, 7) is 5.71. The highest BCUT2D eigenvalue weighted by Gasteiger charge is 2.46. The monoisotopic (exact) mass is 543 g/mol. The van der Waals surface area contributed by atoms with Gasteiger partial charge in [0, 0.05) is 4.91 Å². The standard InChI is InChI=1S/C28H53N3O7/c1-4-5-6-7-8-9-10-11-12-13-14-15-16-20-17-28(2,3)38-26(20)21(30-31-29)19-36-27-25(35)24(34)23(33)22(18-32)37-27/h20-27,32-35H,4-19H2,1-3H3/t20-,21+,22?,23?,24?,25?,26-,27?/m1/s1. The molecule has 38 heavy (non-hydrogen) atoms. The minimum atomic E-state index is -1.52. The maximum absolute atomic E-state index is 10.3. The summed E-state index contributed by atoms with van der Waals surface area (Å²) in [5.74, 6) is 0.210. The van der Waals surface area contributed by atoms with Gasteiger partial charge in [-0.15, -0.1) is 0 Å². The van der Waals surface area contributed by atoms with Crippen molar-refractivity contribution in [1.29, 1.82) is 0 Å². The van der Waals surface area contributed by atoms with Crippen LogP contribution >= 0.6 is 0 Å². The van der Waals surface area contributed by atoms with Gasteiger partial charge < -0.3 is 34.6 Å². The van der Waals surface area contributed by atoms with Crippen LogP contribution in [0, 0.1) is 5.92 Å². The van der Waals surface area contributed by atoms with Crippen LogP contribution in [0.1, 0.15) is 111 Å². The van der Waals surface area contributed by atoms with Crippen molar-refractivity contribution in [1.82, 2.24) is 0 Å². The molecule has 4 N–H and O–H groups in total. The first-order valence-electron chi connectivity index (χ1n) is 14.9. The molecule has 0 radical (unpaired) electrons. The van der Waals surface area contributed by atoms with Crippen LogP contribution in [-0.4, -0.2) is 82.1 Å². The smallest absolute Gasteiger partial charge is 0.186 e. The second-order valence-electron chi connectivity index (χ2n) is 11.8. The number of hydrogen-bond acceptors (Lipinski definition) is 8. The van der Waals surface area contributed by atoms with E-state index in [-0.39, 0.29) is 24.2 Å². The van der Waals surface area contributed by atoms with Gasteiger partial charge in [-0.3, -0.25) is 0 Å². The topological polar surface area (TPSA) is 157 Å². The molecule has 0 bridgehead atoms. The van der Waals surface area contributed by atoms with Crippen LogP contribution in [0.3, 0.4) is 0 Å². The Balaban J connectivity index is 1.78. The third kappa shape index (κ3) is 10.9. The predicted octanol–water partition coefficient (Wildman–Crippen LogP) is 4.76. The molecule has 2 aliphatic heterocycles. The SMILES string of the molecule is CCCCCCCCCCCCCC[C@@H]1CC(C)(C)O[C@H]1[C@H](COC1OC(CO)C(O)C(O)C1O)N=[N+]=[N-]. The van der Waals surface area contributed by atoms with E-state index in [0.717, 1.165) is 19.3 Å². The number of hydrogen-bond donors (Lipinski definition) is 4. The van der Waals surface area contributed by atoms with Gasteiger partial charge in [0.25, 0.3) is 0 Å². The van der Waals surface area contributed by atoms with Crippen LogP contribution in [0.5, 0.6) is 0 Å². The molecule has 8 atom stereocenters. The molecule has 0 aromatic carbocycles. The van der Waals surface area contributed by atoms with E-state index in [0.29, 0.717) is 0 Å². The maximum atomic E-state index is 10.3. The third-order valence-electron chi connectivity index (χ3n) is 7.96. The number of ether oxygens (including phenoxy) is 3. The Hall–Kier alpha value is -0.970. The fourth-order valence-electron chi connectivity index (χ4n) is 5.83. The average Bonchev–Trinajstić information content (AvgIpc) is 3.20. The summed E-state index contributed by atoms with van der Waals surface area (Å²) in [6.07, 6.45) is 10.2. The molecule has 2 fully saturated rings. The van der Waals surface area contributed by atoms with Gasteiger partial charge in [-0.25, -0.2) is 0 Å². The van der Waals surface area contributed by atoms with Crippen LogP contribution in [0.2, 0.25) is 0 Å². The maximum Gasteiger partial charge on any atom is 0.186 e. The Morgan fingerprint density at radius 3 is 2.05 bits per heavy atom. The zero-order chi connectivity index (χ0) is 28.0. The molecule has 0 saturated carbocycles. The second kappa shape index (κ2) is 17.7. The van der Waals surface area contributed by atoms with Crippen molar-refractivity contribution in [2.45, 2.75) is 159 Å². The minimum Gasteiger partial charge on any atom is -0.394 e. The number of aliphatic hydroxyl groups is 4. The summed E-state index contributed by atoms with van der Waals surface area (Å²) in [4.78, 5) is 3.00. The largest absolute Gasteiger partial charge is 0.394 e. The lowest BCUT2D eigenvalue weighted by atomic mass is 9.87. The lowest BCUT2D eigenvalue weighted by Crippen LogP contribution is -2.59. The molecule has 2 saturated heterocycles. The Morgan fingerprint density at radius 1 is 0.921 bits per heavy atom. The first kappa shape index (κ1) is 33.2. The molecule has 0 amide bonds. The summed E-state index contributed by atoms with van der Waals surface area (Å²) >= 11 is 0. The Morgan fingerprint density at radius 2 is 1.50 bits per heavy atom. The van der Waals surface area contributed by atoms with E-state index < -0.39 is 43.4 Å². The first-order valence-corrected chi connectivity index (χ1v) is 14.9. The van der Waals surface area contributed by atoms with Gasteiger partial charge in [-0.1, -0.05) is 89.1 Å². The van der Waals surface area contributed by atoms with E-state index in [2.05, 4.69) is 16.9 Å². The summed E-state index contributed by atoms with van der Waals surface area (Å²) in [7, 11) is 0. The molecular formula is C28H53N3O7. The van der Waals surface area contributed by atoms with Crippen molar-refractivity contribution in [2.75, 3.05) is 13.2 Å². The molecule has 0 aromatic rings. The Labute approximate surface area is 228 Å². The molecule has 0 spiro atoms. The van der Waals surface area contributed by atoms with Crippen molar-refractivity contribution < 1.29 is 34.6 Å². The average molecular weight is 544 g/mol. The Bertz CT molecular complexity index is 689. The molecule has 0 aliphatic carbocycles. The van der Waals surface area contributed by atoms with Gasteiger partial charge in [0.2, 0.25) is 0 Å². The quantitative estimate of drug-likeness (QED) is 0.0791. The van der Waals surface area contributed by atoms with E-state index in [9.17, 15) is 26.0 Å². The van der Waals surface area contributed by atoms with Crippen molar-refractivity contribution in [3.63, 3.8) is 0 Å². The van der Waals surface area contributed by atoms with Gasteiger partial charge in [-0.2, -0.15) is 0 Å². The number of azide groups is 1. The van der Waals surface area contributed by atoms with Crippen LogP contribution in [0.15, 0.2) is 5.11 Å². The number of unbranched alkanes of at least 4 members (excludes halogenated alkanes) is 11. The molecule has 2 rings (SSSR count). The van der Waals surface area contributed by atoms with Crippen LogP contribution < -0.4 is 0 Å². The van der Waals surface area contributed by atoms with E-state index in [4.69, 9.17) is 14.2 Å². The molecule has 10 nitrogen and oxygen atoms in total. The molecule has 2 heterocycles. The number of aliphatic hydroxyl groups excluding tert-OH is 4. The van der Waals surface area contributed by atoms with Gasteiger partial charge in [0.05, 0.1) is 31.0 Å². The van der Waals surface area contributed by atoms with Gasteiger partial charge in [0.15, 0.2) is 6.29 Å². The summed E-state index contributed by atoms with van der Waals surface area (Å²) in [6, 6.07) is -0.642. The Kier molecular flexibility index (Phi) is 15.5.